The maximum Gasteiger partial charge on any atom is 0.237 e. The van der Waals surface area contributed by atoms with Crippen LogP contribution in [0.4, 0.5) is 15.2 Å². The zero-order valence-electron chi connectivity index (χ0n) is 11.6. The first-order chi connectivity index (χ1) is 10.7. The number of nitrogens with zero attached hydrogens (tertiary/aromatic N) is 4. The van der Waals surface area contributed by atoms with E-state index in [1.807, 2.05) is 6.92 Å². The molecule has 2 aromatic heterocycles. The van der Waals surface area contributed by atoms with Crippen molar-refractivity contribution in [1.29, 1.82) is 0 Å². The lowest BCUT2D eigenvalue weighted by molar-refractivity contribution is 0.385. The molecule has 0 saturated heterocycles. The van der Waals surface area contributed by atoms with E-state index < -0.39 is 0 Å². The fourth-order valence-electron chi connectivity index (χ4n) is 1.59. The van der Waals surface area contributed by atoms with Crippen molar-refractivity contribution in [2.75, 3.05) is 5.32 Å². The predicted molar refractivity (Wildman–Crippen MR) is 82.8 cm³/mol. The second-order valence-electron chi connectivity index (χ2n) is 4.25. The van der Waals surface area contributed by atoms with Crippen LogP contribution in [0.5, 0.6) is 0 Å². The highest BCUT2D eigenvalue weighted by Gasteiger charge is 2.09. The number of anilines is 2. The fourth-order valence-corrected chi connectivity index (χ4v) is 3.20. The summed E-state index contributed by atoms with van der Waals surface area (Å²) >= 11 is 2.89. The van der Waals surface area contributed by atoms with E-state index in [2.05, 4.69) is 25.7 Å². The molecular formula is C13H12FN5OS2. The van der Waals surface area contributed by atoms with E-state index >= 15 is 0 Å². The van der Waals surface area contributed by atoms with Crippen LogP contribution in [-0.2, 0) is 12.2 Å². The smallest absolute Gasteiger partial charge is 0.237 e. The number of aromatic nitrogens is 4. The topological polar surface area (TPSA) is 76.7 Å². The number of hydrogen-bond donors (Lipinski definition) is 1. The fraction of sp³-hybridized carbons (Fsp3) is 0.231. The molecule has 0 aliphatic carbocycles. The zero-order valence-corrected chi connectivity index (χ0v) is 13.2. The van der Waals surface area contributed by atoms with Crippen molar-refractivity contribution in [3.63, 3.8) is 0 Å². The van der Waals surface area contributed by atoms with Gasteiger partial charge in [0, 0.05) is 12.1 Å². The quantitative estimate of drug-likeness (QED) is 0.688. The molecule has 0 atom stereocenters. The molecule has 3 aromatic rings. The summed E-state index contributed by atoms with van der Waals surface area (Å²) in [6.45, 7) is 1.97. The summed E-state index contributed by atoms with van der Waals surface area (Å²) in [7, 11) is 0. The van der Waals surface area contributed by atoms with E-state index in [-0.39, 0.29) is 5.82 Å². The lowest BCUT2D eigenvalue weighted by Gasteiger charge is -2.00. The number of thioether (sulfide) groups is 1. The van der Waals surface area contributed by atoms with Crippen molar-refractivity contribution in [2.24, 2.45) is 0 Å². The molecular weight excluding hydrogens is 325 g/mol. The van der Waals surface area contributed by atoms with Gasteiger partial charge in [-0.3, -0.25) is 0 Å². The maximum atomic E-state index is 12.8. The van der Waals surface area contributed by atoms with Gasteiger partial charge in [0.1, 0.15) is 5.82 Å². The number of hydrogen-bond acceptors (Lipinski definition) is 8. The van der Waals surface area contributed by atoms with Crippen LogP contribution in [-0.4, -0.2) is 20.3 Å². The minimum absolute atomic E-state index is 0.273. The molecule has 0 aliphatic rings. The molecule has 0 amide bonds. The predicted octanol–water partition coefficient (Wildman–Crippen LogP) is 3.66. The molecule has 0 saturated carbocycles. The van der Waals surface area contributed by atoms with Gasteiger partial charge >= 0.3 is 0 Å². The monoisotopic (exact) mass is 337 g/mol. The molecule has 22 heavy (non-hydrogen) atoms. The van der Waals surface area contributed by atoms with Crippen LogP contribution in [0, 0.1) is 5.82 Å². The van der Waals surface area contributed by atoms with Gasteiger partial charge in [-0.1, -0.05) is 35.2 Å². The summed E-state index contributed by atoms with van der Waals surface area (Å²) in [5, 5.41) is 15.7. The normalized spacial score (nSPS) is 10.8. The first kappa shape index (κ1) is 14.9. The van der Waals surface area contributed by atoms with Crippen LogP contribution in [0.25, 0.3) is 0 Å². The maximum absolute atomic E-state index is 12.8. The Bertz CT molecular complexity index is 743. The molecule has 0 fully saturated rings. The largest absolute Gasteiger partial charge is 0.338 e. The molecule has 0 aliphatic heterocycles. The van der Waals surface area contributed by atoms with Crippen molar-refractivity contribution in [2.45, 2.75) is 23.4 Å². The van der Waals surface area contributed by atoms with Gasteiger partial charge in [-0.25, -0.2) is 4.39 Å². The number of halogens is 1. The van der Waals surface area contributed by atoms with Gasteiger partial charge in [0.25, 0.3) is 0 Å². The van der Waals surface area contributed by atoms with E-state index in [0.717, 1.165) is 16.4 Å². The van der Waals surface area contributed by atoms with Crippen LogP contribution in [0.2, 0.25) is 0 Å². The van der Waals surface area contributed by atoms with Gasteiger partial charge in [-0.2, -0.15) is 4.98 Å². The Hall–Kier alpha value is -2.00. The highest BCUT2D eigenvalue weighted by Crippen LogP contribution is 2.29. The van der Waals surface area contributed by atoms with Crippen molar-refractivity contribution in [1.82, 2.24) is 20.3 Å². The lowest BCUT2D eigenvalue weighted by Crippen LogP contribution is -1.89. The summed E-state index contributed by atoms with van der Waals surface area (Å²) in [4.78, 5) is 4.23. The number of nitrogens with one attached hydrogen (secondary N) is 1. The van der Waals surface area contributed by atoms with Gasteiger partial charge in [0.2, 0.25) is 11.0 Å². The Morgan fingerprint density at radius 2 is 2.09 bits per heavy atom. The summed E-state index contributed by atoms with van der Waals surface area (Å²) in [5.74, 6) is 1.56. The highest BCUT2D eigenvalue weighted by atomic mass is 32.2. The van der Waals surface area contributed by atoms with Crippen molar-refractivity contribution < 1.29 is 8.91 Å². The summed E-state index contributed by atoms with van der Waals surface area (Å²) in [6, 6.07) is 6.07. The van der Waals surface area contributed by atoms with E-state index in [0.29, 0.717) is 22.6 Å². The van der Waals surface area contributed by atoms with E-state index in [1.165, 1.54) is 35.2 Å². The second-order valence-corrected chi connectivity index (χ2v) is 6.45. The van der Waals surface area contributed by atoms with Crippen molar-refractivity contribution in [3.8, 4) is 0 Å². The molecule has 0 unspecified atom stereocenters. The van der Waals surface area contributed by atoms with Gasteiger partial charge in [0.05, 0.1) is 5.75 Å². The van der Waals surface area contributed by atoms with Crippen LogP contribution in [0.3, 0.4) is 0 Å². The molecule has 6 nitrogen and oxygen atoms in total. The average Bonchev–Trinajstić information content (AvgIpc) is 3.16. The summed E-state index contributed by atoms with van der Waals surface area (Å²) in [6.07, 6.45) is 0.749. The van der Waals surface area contributed by atoms with Gasteiger partial charge in [0.15, 0.2) is 10.2 Å². The number of benzene rings is 1. The van der Waals surface area contributed by atoms with Crippen LogP contribution >= 0.6 is 23.1 Å². The molecule has 1 aromatic carbocycles. The molecule has 0 bridgehead atoms. The molecule has 114 valence electrons. The standard InChI is InChI=1S/C13H12FN5OS2/c1-2-10-16-11(20-19-10)7-21-13-18-17-12(22-13)15-9-5-3-8(14)4-6-9/h3-6H,2,7H2,1H3,(H,15,17). The molecule has 1 N–H and O–H groups in total. The third kappa shape index (κ3) is 3.80. The Labute approximate surface area is 134 Å². The van der Waals surface area contributed by atoms with Gasteiger partial charge < -0.3 is 9.84 Å². The Morgan fingerprint density at radius 1 is 1.27 bits per heavy atom. The van der Waals surface area contributed by atoms with Gasteiger partial charge in [-0.15, -0.1) is 10.2 Å². The SMILES string of the molecule is CCc1noc(CSc2nnc(Nc3ccc(F)cc3)s2)n1. The number of rotatable bonds is 6. The summed E-state index contributed by atoms with van der Waals surface area (Å²) < 4.78 is 18.7. The van der Waals surface area contributed by atoms with Crippen LogP contribution in [0.1, 0.15) is 18.6 Å². The minimum Gasteiger partial charge on any atom is -0.338 e. The molecule has 2 heterocycles. The lowest BCUT2D eigenvalue weighted by atomic mass is 10.3. The Morgan fingerprint density at radius 3 is 2.82 bits per heavy atom. The third-order valence-corrected chi connectivity index (χ3v) is 4.60. The average molecular weight is 337 g/mol. The number of aryl methyl sites for hydroxylation is 1. The van der Waals surface area contributed by atoms with Crippen molar-refractivity contribution >= 4 is 33.9 Å². The third-order valence-electron chi connectivity index (χ3n) is 2.65. The zero-order chi connectivity index (χ0) is 15.4. The van der Waals surface area contributed by atoms with Crippen LogP contribution < -0.4 is 5.32 Å². The van der Waals surface area contributed by atoms with E-state index in [4.69, 9.17) is 4.52 Å². The molecule has 3 rings (SSSR count). The Kier molecular flexibility index (Phi) is 4.64. The first-order valence-electron chi connectivity index (χ1n) is 6.53. The Balaban J connectivity index is 1.57. The summed E-state index contributed by atoms with van der Waals surface area (Å²) in [5.41, 5.74) is 0.763. The molecule has 9 heteroatoms. The highest BCUT2D eigenvalue weighted by molar-refractivity contribution is 8.00. The second kappa shape index (κ2) is 6.84. The van der Waals surface area contributed by atoms with E-state index in [9.17, 15) is 4.39 Å². The van der Waals surface area contributed by atoms with Crippen molar-refractivity contribution in [3.05, 3.63) is 41.8 Å². The minimum atomic E-state index is -0.273. The first-order valence-corrected chi connectivity index (χ1v) is 8.33. The molecule has 0 radical (unpaired) electrons. The van der Waals surface area contributed by atoms with E-state index in [1.54, 1.807) is 12.1 Å². The molecule has 0 spiro atoms. The van der Waals surface area contributed by atoms with Crippen LogP contribution in [0.15, 0.2) is 33.1 Å². The van der Waals surface area contributed by atoms with Gasteiger partial charge in [-0.05, 0) is 24.3 Å².